The summed E-state index contributed by atoms with van der Waals surface area (Å²) in [4.78, 5) is 0. The molecule has 110 valence electrons. The van der Waals surface area contributed by atoms with E-state index in [1.165, 1.54) is 5.56 Å². The van der Waals surface area contributed by atoms with Crippen LogP contribution in [0.1, 0.15) is 22.7 Å². The molecule has 0 spiro atoms. The Morgan fingerprint density at radius 2 is 1.95 bits per heavy atom. The minimum Gasteiger partial charge on any atom is -0.508 e. The van der Waals surface area contributed by atoms with Crippen LogP contribution < -0.4 is 10.1 Å². The van der Waals surface area contributed by atoms with E-state index >= 15 is 0 Å². The normalized spacial score (nSPS) is 17.3. The zero-order chi connectivity index (χ0) is 14.8. The van der Waals surface area contributed by atoms with Crippen molar-refractivity contribution >= 4 is 0 Å². The number of nitrogens with one attached hydrogen (secondary N) is 1. The van der Waals surface area contributed by atoms with Gasteiger partial charge in [0.15, 0.2) is 11.5 Å². The second-order valence-corrected chi connectivity index (χ2v) is 5.35. The molecule has 3 N–H and O–H groups in total. The fraction of sp³-hybridized carbons (Fsp3) is 0.294. The highest BCUT2D eigenvalue weighted by atomic mass is 16.5. The lowest BCUT2D eigenvalue weighted by atomic mass is 9.90. The van der Waals surface area contributed by atoms with Gasteiger partial charge in [-0.3, -0.25) is 0 Å². The van der Waals surface area contributed by atoms with Crippen LogP contribution in [0.2, 0.25) is 0 Å². The van der Waals surface area contributed by atoms with Gasteiger partial charge in [0.25, 0.3) is 0 Å². The van der Waals surface area contributed by atoms with E-state index in [2.05, 4.69) is 5.32 Å². The van der Waals surface area contributed by atoms with Crippen molar-refractivity contribution in [2.75, 3.05) is 13.7 Å². The van der Waals surface area contributed by atoms with Crippen molar-refractivity contribution in [1.29, 1.82) is 0 Å². The highest BCUT2D eigenvalue weighted by molar-refractivity contribution is 5.49. The summed E-state index contributed by atoms with van der Waals surface area (Å²) in [5.74, 6) is 0.983. The first-order valence-electron chi connectivity index (χ1n) is 7.08. The lowest BCUT2D eigenvalue weighted by molar-refractivity contribution is 0.370. The molecule has 2 aromatic carbocycles. The number of benzene rings is 2. The average molecular weight is 285 g/mol. The monoisotopic (exact) mass is 285 g/mol. The van der Waals surface area contributed by atoms with E-state index in [1.54, 1.807) is 25.3 Å². The maximum Gasteiger partial charge on any atom is 0.160 e. The summed E-state index contributed by atoms with van der Waals surface area (Å²) >= 11 is 0. The molecule has 21 heavy (non-hydrogen) atoms. The molecule has 0 aromatic heterocycles. The molecule has 0 radical (unpaired) electrons. The highest BCUT2D eigenvalue weighted by Gasteiger charge is 2.22. The molecule has 2 aromatic rings. The molecule has 1 heterocycles. The Hall–Kier alpha value is -2.20. The summed E-state index contributed by atoms with van der Waals surface area (Å²) in [6.07, 6.45) is 1.74. The van der Waals surface area contributed by atoms with E-state index in [0.29, 0.717) is 5.75 Å². The first kappa shape index (κ1) is 13.8. The van der Waals surface area contributed by atoms with Gasteiger partial charge in [-0.05, 0) is 60.3 Å². The molecule has 3 rings (SSSR count). The Labute approximate surface area is 124 Å². The molecule has 4 heteroatoms. The molecule has 0 aliphatic carbocycles. The van der Waals surface area contributed by atoms with Gasteiger partial charge in [0.2, 0.25) is 0 Å². The lowest BCUT2D eigenvalue weighted by Crippen LogP contribution is -2.31. The average Bonchev–Trinajstić information content (AvgIpc) is 2.49. The molecule has 1 atom stereocenters. The number of hydrogen-bond acceptors (Lipinski definition) is 4. The Kier molecular flexibility index (Phi) is 3.71. The van der Waals surface area contributed by atoms with Crippen LogP contribution in [-0.4, -0.2) is 23.9 Å². The summed E-state index contributed by atoms with van der Waals surface area (Å²) in [6, 6.07) is 11.2. The van der Waals surface area contributed by atoms with Crippen LogP contribution >= 0.6 is 0 Å². The first-order chi connectivity index (χ1) is 10.2. The Balaban J connectivity index is 1.90. The zero-order valence-electron chi connectivity index (χ0n) is 12.0. The molecular weight excluding hydrogens is 266 g/mol. The van der Waals surface area contributed by atoms with Crippen LogP contribution in [0.3, 0.4) is 0 Å². The van der Waals surface area contributed by atoms with Crippen LogP contribution in [-0.2, 0) is 12.8 Å². The molecule has 1 aliphatic rings. The summed E-state index contributed by atoms with van der Waals surface area (Å²) in [5.41, 5.74) is 3.49. The number of aromatic hydroxyl groups is 2. The van der Waals surface area contributed by atoms with Crippen LogP contribution in [0.25, 0.3) is 0 Å². The van der Waals surface area contributed by atoms with E-state index in [-0.39, 0.29) is 17.5 Å². The second kappa shape index (κ2) is 5.66. The van der Waals surface area contributed by atoms with Crippen molar-refractivity contribution in [3.8, 4) is 17.2 Å². The van der Waals surface area contributed by atoms with Gasteiger partial charge in [-0.25, -0.2) is 0 Å². The third kappa shape index (κ3) is 2.81. The molecule has 0 saturated heterocycles. The summed E-state index contributed by atoms with van der Waals surface area (Å²) in [7, 11) is 1.56. The fourth-order valence-electron chi connectivity index (χ4n) is 2.87. The maximum absolute atomic E-state index is 9.90. The second-order valence-electron chi connectivity index (χ2n) is 5.35. The zero-order valence-corrected chi connectivity index (χ0v) is 12.0. The number of methoxy groups -OCH3 is 1. The van der Waals surface area contributed by atoms with Gasteiger partial charge in [0.05, 0.1) is 7.11 Å². The predicted molar refractivity (Wildman–Crippen MR) is 80.9 cm³/mol. The number of rotatable bonds is 3. The number of fused-ring (bicyclic) bond motifs is 1. The van der Waals surface area contributed by atoms with Gasteiger partial charge in [-0.1, -0.05) is 12.1 Å². The van der Waals surface area contributed by atoms with E-state index in [0.717, 1.165) is 30.5 Å². The van der Waals surface area contributed by atoms with Crippen LogP contribution in [0, 0.1) is 0 Å². The van der Waals surface area contributed by atoms with E-state index < -0.39 is 0 Å². The Morgan fingerprint density at radius 3 is 2.67 bits per heavy atom. The van der Waals surface area contributed by atoms with Crippen LogP contribution in [0.5, 0.6) is 17.2 Å². The van der Waals surface area contributed by atoms with E-state index in [4.69, 9.17) is 4.74 Å². The van der Waals surface area contributed by atoms with Gasteiger partial charge >= 0.3 is 0 Å². The highest BCUT2D eigenvalue weighted by Crippen LogP contribution is 2.35. The topological polar surface area (TPSA) is 61.7 Å². The van der Waals surface area contributed by atoms with Crippen molar-refractivity contribution in [3.63, 3.8) is 0 Å². The summed E-state index contributed by atoms with van der Waals surface area (Å²) in [6.45, 7) is 0.890. The third-order valence-corrected chi connectivity index (χ3v) is 3.98. The molecule has 0 fully saturated rings. The summed E-state index contributed by atoms with van der Waals surface area (Å²) in [5, 5.41) is 22.8. The minimum atomic E-state index is 0.188. The summed E-state index contributed by atoms with van der Waals surface area (Å²) < 4.78 is 5.21. The number of ether oxygens (including phenoxy) is 1. The molecule has 0 saturated carbocycles. The minimum absolute atomic E-state index is 0.188. The molecule has 0 unspecified atom stereocenters. The maximum atomic E-state index is 9.90. The van der Waals surface area contributed by atoms with Crippen molar-refractivity contribution in [2.24, 2.45) is 0 Å². The molecule has 4 nitrogen and oxygen atoms in total. The fourth-order valence-corrected chi connectivity index (χ4v) is 2.87. The van der Waals surface area contributed by atoms with Crippen LogP contribution in [0.15, 0.2) is 36.4 Å². The Morgan fingerprint density at radius 1 is 1.19 bits per heavy atom. The lowest BCUT2D eigenvalue weighted by Gasteiger charge is -2.28. The third-order valence-electron chi connectivity index (χ3n) is 3.98. The van der Waals surface area contributed by atoms with Gasteiger partial charge in [0, 0.05) is 6.04 Å². The smallest absolute Gasteiger partial charge is 0.160 e. The molecule has 0 bridgehead atoms. The van der Waals surface area contributed by atoms with Crippen LogP contribution in [0.4, 0.5) is 0 Å². The largest absolute Gasteiger partial charge is 0.508 e. The predicted octanol–water partition coefficient (Wildman–Crippen LogP) is 2.54. The number of phenols is 2. The van der Waals surface area contributed by atoms with Crippen molar-refractivity contribution in [3.05, 3.63) is 53.1 Å². The van der Waals surface area contributed by atoms with Gasteiger partial charge < -0.3 is 20.3 Å². The Bertz CT molecular complexity index is 637. The van der Waals surface area contributed by atoms with Crippen molar-refractivity contribution in [2.45, 2.75) is 18.9 Å². The van der Waals surface area contributed by atoms with E-state index in [1.807, 2.05) is 18.2 Å². The SMILES string of the molecule is COc1cc2c(cc1O)CCN[C@H]2Cc1ccc(O)cc1. The molecular formula is C17H19NO3. The van der Waals surface area contributed by atoms with E-state index in [9.17, 15) is 10.2 Å². The first-order valence-corrected chi connectivity index (χ1v) is 7.08. The number of phenolic OH excluding ortho intramolecular Hbond substituents is 2. The van der Waals surface area contributed by atoms with Crippen molar-refractivity contribution < 1.29 is 14.9 Å². The van der Waals surface area contributed by atoms with Gasteiger partial charge in [-0.2, -0.15) is 0 Å². The molecule has 1 aliphatic heterocycles. The number of hydrogen-bond donors (Lipinski definition) is 3. The van der Waals surface area contributed by atoms with Gasteiger partial charge in [-0.15, -0.1) is 0 Å². The standard InChI is InChI=1S/C17H19NO3/c1-21-17-10-14-12(9-16(17)20)6-7-18-15(14)8-11-2-4-13(19)5-3-11/h2-5,9-10,15,18-20H,6-8H2,1H3/t15-/m0/s1. The van der Waals surface area contributed by atoms with Crippen molar-refractivity contribution in [1.82, 2.24) is 5.32 Å². The molecule has 0 amide bonds. The van der Waals surface area contributed by atoms with Gasteiger partial charge in [0.1, 0.15) is 5.75 Å². The quantitative estimate of drug-likeness (QED) is 0.811.